The Bertz CT molecular complexity index is 379. The average Bonchev–Trinajstić information content (AvgIpc) is 3.02. The molecule has 1 aliphatic rings. The lowest BCUT2D eigenvalue weighted by Gasteiger charge is -2.19. The minimum Gasteiger partial charge on any atom is -0.388 e. The van der Waals surface area contributed by atoms with E-state index < -0.39 is 0 Å². The highest BCUT2D eigenvalue weighted by atomic mass is 79.9. The summed E-state index contributed by atoms with van der Waals surface area (Å²) in [6, 6.07) is 7.93. The van der Waals surface area contributed by atoms with Gasteiger partial charge in [0.2, 0.25) is 0 Å². The molecule has 0 bridgehead atoms. The van der Waals surface area contributed by atoms with Gasteiger partial charge in [0.25, 0.3) is 0 Å². The van der Waals surface area contributed by atoms with Crippen molar-refractivity contribution in [2.45, 2.75) is 25.9 Å². The van der Waals surface area contributed by atoms with Crippen molar-refractivity contribution in [3.05, 3.63) is 34.3 Å². The fourth-order valence-electron chi connectivity index (χ4n) is 2.34. The van der Waals surface area contributed by atoms with Crippen molar-refractivity contribution in [3.63, 3.8) is 0 Å². The summed E-state index contributed by atoms with van der Waals surface area (Å²) in [6.45, 7) is 4.45. The molecule has 1 aromatic rings. The Morgan fingerprint density at radius 3 is 2.56 bits per heavy atom. The van der Waals surface area contributed by atoms with Crippen LogP contribution in [0.1, 0.15) is 31.4 Å². The van der Waals surface area contributed by atoms with E-state index in [9.17, 15) is 5.11 Å². The fourth-order valence-corrected chi connectivity index (χ4v) is 2.60. The highest BCUT2D eigenvalue weighted by Gasteiger charge is 2.32. The van der Waals surface area contributed by atoms with E-state index in [4.69, 9.17) is 0 Å². The van der Waals surface area contributed by atoms with Gasteiger partial charge in [-0.3, -0.25) is 0 Å². The average molecular weight is 312 g/mol. The maximum atomic E-state index is 10.1. The molecule has 1 saturated carbocycles. The quantitative estimate of drug-likeness (QED) is 0.869. The maximum absolute atomic E-state index is 10.1. The summed E-state index contributed by atoms with van der Waals surface area (Å²) in [5.41, 5.74) is 1.01. The van der Waals surface area contributed by atoms with Gasteiger partial charge in [0, 0.05) is 17.6 Å². The van der Waals surface area contributed by atoms with Crippen molar-refractivity contribution in [1.82, 2.24) is 4.90 Å². The summed E-state index contributed by atoms with van der Waals surface area (Å²) in [5, 5.41) is 10.1. The molecule has 0 heterocycles. The molecule has 3 atom stereocenters. The first-order valence-corrected chi connectivity index (χ1v) is 7.47. The van der Waals surface area contributed by atoms with E-state index in [0.29, 0.717) is 0 Å². The third-order valence-corrected chi connectivity index (χ3v) is 4.39. The second kappa shape index (κ2) is 6.18. The molecule has 1 aromatic carbocycles. The molecule has 18 heavy (non-hydrogen) atoms. The van der Waals surface area contributed by atoms with E-state index in [1.54, 1.807) is 0 Å². The first-order chi connectivity index (χ1) is 8.56. The van der Waals surface area contributed by atoms with E-state index in [2.05, 4.69) is 34.8 Å². The lowest BCUT2D eigenvalue weighted by molar-refractivity contribution is 0.147. The van der Waals surface area contributed by atoms with Crippen molar-refractivity contribution in [1.29, 1.82) is 0 Å². The zero-order valence-electron chi connectivity index (χ0n) is 11.1. The lowest BCUT2D eigenvalue weighted by Crippen LogP contribution is -2.24. The van der Waals surface area contributed by atoms with Crippen LogP contribution in [-0.4, -0.2) is 30.1 Å². The molecule has 3 heteroatoms. The smallest absolute Gasteiger partial charge is 0.0802 e. The van der Waals surface area contributed by atoms with Gasteiger partial charge < -0.3 is 10.0 Å². The van der Waals surface area contributed by atoms with Gasteiger partial charge in [-0.05, 0) is 49.4 Å². The molecule has 100 valence electrons. The Kier molecular flexibility index (Phi) is 4.82. The predicted molar refractivity (Wildman–Crippen MR) is 78.5 cm³/mol. The number of nitrogens with zero attached hydrogens (tertiary/aromatic N) is 1. The van der Waals surface area contributed by atoms with Crippen LogP contribution in [0, 0.1) is 11.8 Å². The Morgan fingerprint density at radius 1 is 1.39 bits per heavy atom. The number of aliphatic hydroxyl groups is 1. The Labute approximate surface area is 118 Å². The van der Waals surface area contributed by atoms with Crippen LogP contribution in [0.4, 0.5) is 0 Å². The summed E-state index contributed by atoms with van der Waals surface area (Å²) < 4.78 is 1.05. The van der Waals surface area contributed by atoms with Gasteiger partial charge >= 0.3 is 0 Å². The van der Waals surface area contributed by atoms with Crippen LogP contribution in [0.15, 0.2) is 28.7 Å². The first-order valence-electron chi connectivity index (χ1n) is 6.68. The normalized spacial score (nSPS) is 24.3. The van der Waals surface area contributed by atoms with Crippen LogP contribution in [0.25, 0.3) is 0 Å². The molecule has 1 N–H and O–H groups in total. The molecule has 1 fully saturated rings. The molecule has 1 aliphatic carbocycles. The van der Waals surface area contributed by atoms with Gasteiger partial charge in [-0.25, -0.2) is 0 Å². The second-order valence-corrected chi connectivity index (χ2v) is 6.51. The van der Waals surface area contributed by atoms with Crippen LogP contribution >= 0.6 is 15.9 Å². The zero-order valence-corrected chi connectivity index (χ0v) is 12.7. The van der Waals surface area contributed by atoms with Crippen LogP contribution in [0.5, 0.6) is 0 Å². The molecule has 0 aliphatic heterocycles. The van der Waals surface area contributed by atoms with Gasteiger partial charge in [0.1, 0.15) is 0 Å². The van der Waals surface area contributed by atoms with Gasteiger partial charge in [0.15, 0.2) is 0 Å². The summed E-state index contributed by atoms with van der Waals surface area (Å²) in [5.74, 6) is 1.80. The van der Waals surface area contributed by atoms with Crippen LogP contribution in [-0.2, 0) is 0 Å². The summed E-state index contributed by atoms with van der Waals surface area (Å²) >= 11 is 3.41. The van der Waals surface area contributed by atoms with E-state index in [0.717, 1.165) is 34.8 Å². The predicted octanol–water partition coefficient (Wildman–Crippen LogP) is 3.46. The van der Waals surface area contributed by atoms with Crippen molar-refractivity contribution in [3.8, 4) is 0 Å². The minimum absolute atomic E-state index is 0.350. The monoisotopic (exact) mass is 311 g/mol. The topological polar surface area (TPSA) is 23.5 Å². The van der Waals surface area contributed by atoms with Crippen molar-refractivity contribution in [2.24, 2.45) is 11.8 Å². The standard InChI is InChI=1S/C15H22BrNO/c1-11-9-13(11)10-17(2)8-7-15(18)12-3-5-14(16)6-4-12/h3-6,11,13,15,18H,7-10H2,1-2H3. The van der Waals surface area contributed by atoms with Crippen LogP contribution in [0.2, 0.25) is 0 Å². The maximum Gasteiger partial charge on any atom is 0.0802 e. The summed E-state index contributed by atoms with van der Waals surface area (Å²) in [7, 11) is 2.15. The van der Waals surface area contributed by atoms with E-state index in [-0.39, 0.29) is 6.10 Å². The van der Waals surface area contributed by atoms with Gasteiger partial charge in [-0.2, -0.15) is 0 Å². The number of aliphatic hydroxyl groups excluding tert-OH is 1. The van der Waals surface area contributed by atoms with E-state index in [1.807, 2.05) is 24.3 Å². The van der Waals surface area contributed by atoms with Crippen LogP contribution < -0.4 is 0 Å². The third kappa shape index (κ3) is 4.08. The number of hydrogen-bond donors (Lipinski definition) is 1. The molecule has 2 rings (SSSR count). The Morgan fingerprint density at radius 2 is 2.00 bits per heavy atom. The number of benzene rings is 1. The number of halogens is 1. The van der Waals surface area contributed by atoms with E-state index in [1.165, 1.54) is 13.0 Å². The van der Waals surface area contributed by atoms with Gasteiger partial charge in [-0.15, -0.1) is 0 Å². The Hall–Kier alpha value is -0.380. The van der Waals surface area contributed by atoms with Gasteiger partial charge in [0.05, 0.1) is 6.10 Å². The summed E-state index contributed by atoms with van der Waals surface area (Å²) in [6.07, 6.45) is 1.83. The molecule has 2 nitrogen and oxygen atoms in total. The van der Waals surface area contributed by atoms with E-state index >= 15 is 0 Å². The molecule has 0 amide bonds. The number of hydrogen-bond acceptors (Lipinski definition) is 2. The zero-order chi connectivity index (χ0) is 13.1. The molecule has 0 spiro atoms. The second-order valence-electron chi connectivity index (χ2n) is 5.59. The number of rotatable bonds is 6. The van der Waals surface area contributed by atoms with Gasteiger partial charge in [-0.1, -0.05) is 35.0 Å². The molecule has 0 saturated heterocycles. The molecular formula is C15H22BrNO. The SMILES string of the molecule is CC1CC1CN(C)CCC(O)c1ccc(Br)cc1. The fraction of sp³-hybridized carbons (Fsp3) is 0.600. The highest BCUT2D eigenvalue weighted by molar-refractivity contribution is 9.10. The van der Waals surface area contributed by atoms with Crippen molar-refractivity contribution < 1.29 is 5.11 Å². The van der Waals surface area contributed by atoms with Crippen LogP contribution in [0.3, 0.4) is 0 Å². The van der Waals surface area contributed by atoms with Crippen molar-refractivity contribution in [2.75, 3.05) is 20.1 Å². The Balaban J connectivity index is 1.73. The lowest BCUT2D eigenvalue weighted by atomic mass is 10.1. The third-order valence-electron chi connectivity index (χ3n) is 3.86. The molecule has 0 aromatic heterocycles. The first kappa shape index (κ1) is 14.0. The minimum atomic E-state index is -0.350. The molecular weight excluding hydrogens is 290 g/mol. The van der Waals surface area contributed by atoms with Crippen molar-refractivity contribution >= 4 is 15.9 Å². The highest BCUT2D eigenvalue weighted by Crippen LogP contribution is 2.38. The molecule has 3 unspecified atom stereocenters. The molecule has 0 radical (unpaired) electrons. The largest absolute Gasteiger partial charge is 0.388 e. The summed E-state index contributed by atoms with van der Waals surface area (Å²) in [4.78, 5) is 2.34.